The Hall–Kier alpha value is -1.70. The van der Waals surface area contributed by atoms with E-state index < -0.39 is 11.6 Å². The predicted octanol–water partition coefficient (Wildman–Crippen LogP) is -0.0493. The van der Waals surface area contributed by atoms with Crippen molar-refractivity contribution in [3.8, 4) is 0 Å². The number of nitrogens with two attached hydrogens (primary N) is 1. The Bertz CT molecular complexity index is 455. The van der Waals surface area contributed by atoms with Crippen LogP contribution in [-0.4, -0.2) is 32.0 Å². The average molecular weight is 241 g/mol. The van der Waals surface area contributed by atoms with E-state index in [0.717, 1.165) is 16.4 Å². The molecular weight excluding hydrogens is 230 g/mol. The van der Waals surface area contributed by atoms with Gasteiger partial charge in [-0.05, 0) is 13.8 Å². The van der Waals surface area contributed by atoms with Crippen molar-refractivity contribution in [2.24, 2.45) is 0 Å². The average Bonchev–Trinajstić information content (AvgIpc) is 2.65. The van der Waals surface area contributed by atoms with Crippen LogP contribution in [0.3, 0.4) is 0 Å². The van der Waals surface area contributed by atoms with Gasteiger partial charge in [0.15, 0.2) is 0 Å². The molecule has 1 aromatic heterocycles. The zero-order valence-electron chi connectivity index (χ0n) is 8.85. The number of nitrogen functional groups attached to an aromatic ring is 1. The minimum absolute atomic E-state index is 0.0659. The van der Waals surface area contributed by atoms with E-state index >= 15 is 0 Å². The monoisotopic (exact) mass is 241 g/mol. The van der Waals surface area contributed by atoms with Crippen molar-refractivity contribution < 1.29 is 9.59 Å². The zero-order valence-corrected chi connectivity index (χ0v) is 9.67. The minimum atomic E-state index is -0.866. The lowest BCUT2D eigenvalue weighted by Crippen LogP contribution is -2.40. The molecule has 8 heteroatoms. The first-order valence-electron chi connectivity index (χ1n) is 4.62. The SMILES string of the molecule is CC1(C)NC(=O)N(Cc2nnsc2N)C1=O. The highest BCUT2D eigenvalue weighted by Crippen LogP contribution is 2.21. The predicted molar refractivity (Wildman–Crippen MR) is 57.5 cm³/mol. The molecule has 7 nitrogen and oxygen atoms in total. The smallest absolute Gasteiger partial charge is 0.325 e. The van der Waals surface area contributed by atoms with E-state index in [4.69, 9.17) is 5.73 Å². The first kappa shape index (κ1) is 10.8. The Morgan fingerprint density at radius 2 is 2.19 bits per heavy atom. The van der Waals surface area contributed by atoms with Gasteiger partial charge >= 0.3 is 6.03 Å². The van der Waals surface area contributed by atoms with Gasteiger partial charge < -0.3 is 11.1 Å². The van der Waals surface area contributed by atoms with E-state index in [1.807, 2.05) is 0 Å². The van der Waals surface area contributed by atoms with Crippen LogP contribution in [0.25, 0.3) is 0 Å². The highest BCUT2D eigenvalue weighted by Gasteiger charge is 2.44. The van der Waals surface area contributed by atoms with Gasteiger partial charge in [-0.3, -0.25) is 9.69 Å². The van der Waals surface area contributed by atoms with Crippen LogP contribution in [0, 0.1) is 0 Å². The van der Waals surface area contributed by atoms with Crippen LogP contribution in [0.2, 0.25) is 0 Å². The second-order valence-corrected chi connectivity index (χ2v) is 4.82. The van der Waals surface area contributed by atoms with E-state index in [1.165, 1.54) is 0 Å². The standard InChI is InChI=1S/C8H11N5O2S/c1-8(2)6(14)13(7(15)10-8)3-4-5(9)16-12-11-4/h3,9H2,1-2H3,(H,10,15). The van der Waals surface area contributed by atoms with Crippen molar-refractivity contribution in [2.45, 2.75) is 25.9 Å². The number of hydrogen-bond donors (Lipinski definition) is 2. The van der Waals surface area contributed by atoms with E-state index in [1.54, 1.807) is 13.8 Å². The first-order valence-corrected chi connectivity index (χ1v) is 5.40. The van der Waals surface area contributed by atoms with Gasteiger partial charge in [-0.15, -0.1) is 5.10 Å². The van der Waals surface area contributed by atoms with Crippen molar-refractivity contribution in [2.75, 3.05) is 5.73 Å². The van der Waals surface area contributed by atoms with E-state index in [0.29, 0.717) is 10.7 Å². The van der Waals surface area contributed by atoms with Crippen LogP contribution in [0.15, 0.2) is 0 Å². The van der Waals surface area contributed by atoms with Gasteiger partial charge in [0.2, 0.25) is 0 Å². The number of carbonyl (C=O) groups is 2. The largest absolute Gasteiger partial charge is 0.388 e. The number of aromatic nitrogens is 2. The summed E-state index contributed by atoms with van der Waals surface area (Å²) >= 11 is 1.04. The van der Waals surface area contributed by atoms with Gasteiger partial charge in [0.1, 0.15) is 16.2 Å². The summed E-state index contributed by atoms with van der Waals surface area (Å²) in [5.74, 6) is -0.287. The third-order valence-electron chi connectivity index (χ3n) is 2.34. The fraction of sp³-hybridized carbons (Fsp3) is 0.500. The summed E-state index contributed by atoms with van der Waals surface area (Å²) in [4.78, 5) is 24.5. The van der Waals surface area contributed by atoms with Crippen molar-refractivity contribution >= 4 is 28.5 Å². The Labute approximate surface area is 95.8 Å². The lowest BCUT2D eigenvalue weighted by Gasteiger charge is -2.14. The molecule has 0 radical (unpaired) electrons. The number of hydrogen-bond acceptors (Lipinski definition) is 6. The molecule has 3 amide bonds. The number of nitrogens with one attached hydrogen (secondary N) is 1. The molecule has 3 N–H and O–H groups in total. The van der Waals surface area contributed by atoms with Gasteiger partial charge in [0.25, 0.3) is 5.91 Å². The zero-order chi connectivity index (χ0) is 11.9. The molecular formula is C8H11N5O2S. The first-order chi connectivity index (χ1) is 7.42. The third kappa shape index (κ3) is 1.60. The fourth-order valence-corrected chi connectivity index (χ4v) is 1.87. The lowest BCUT2D eigenvalue weighted by molar-refractivity contribution is -0.130. The number of amides is 3. The quantitative estimate of drug-likeness (QED) is 0.707. The molecule has 1 saturated heterocycles. The Morgan fingerprint density at radius 1 is 1.50 bits per heavy atom. The van der Waals surface area contributed by atoms with Crippen LogP contribution in [-0.2, 0) is 11.3 Å². The van der Waals surface area contributed by atoms with Gasteiger partial charge in [-0.1, -0.05) is 4.49 Å². The maximum Gasteiger partial charge on any atom is 0.325 e. The molecule has 0 atom stereocenters. The van der Waals surface area contributed by atoms with Gasteiger partial charge in [0, 0.05) is 11.5 Å². The molecule has 1 aliphatic rings. The molecule has 0 saturated carbocycles. The van der Waals surface area contributed by atoms with Crippen molar-refractivity contribution in [1.82, 2.24) is 19.8 Å². The molecule has 2 heterocycles. The van der Waals surface area contributed by atoms with E-state index in [2.05, 4.69) is 14.9 Å². The Kier molecular flexibility index (Phi) is 2.30. The number of rotatable bonds is 2. The van der Waals surface area contributed by atoms with Crippen LogP contribution < -0.4 is 11.1 Å². The second kappa shape index (κ2) is 3.41. The lowest BCUT2D eigenvalue weighted by atomic mass is 10.1. The summed E-state index contributed by atoms with van der Waals surface area (Å²) in [6, 6.07) is -0.428. The van der Waals surface area contributed by atoms with Crippen molar-refractivity contribution in [1.29, 1.82) is 0 Å². The maximum absolute atomic E-state index is 11.8. The minimum Gasteiger partial charge on any atom is -0.388 e. The van der Waals surface area contributed by atoms with E-state index in [9.17, 15) is 9.59 Å². The normalized spacial score (nSPS) is 19.0. The molecule has 0 aliphatic carbocycles. The Morgan fingerprint density at radius 3 is 2.62 bits per heavy atom. The number of urea groups is 1. The molecule has 1 fully saturated rings. The summed E-state index contributed by atoms with van der Waals surface area (Å²) < 4.78 is 3.65. The molecule has 16 heavy (non-hydrogen) atoms. The number of imide groups is 1. The van der Waals surface area contributed by atoms with Crippen molar-refractivity contribution in [3.63, 3.8) is 0 Å². The Balaban J connectivity index is 2.21. The van der Waals surface area contributed by atoms with E-state index in [-0.39, 0.29) is 12.5 Å². The van der Waals surface area contributed by atoms with Gasteiger partial charge in [-0.2, -0.15) is 0 Å². The molecule has 0 unspecified atom stereocenters. The topological polar surface area (TPSA) is 101 Å². The summed E-state index contributed by atoms with van der Waals surface area (Å²) in [6.07, 6.45) is 0. The van der Waals surface area contributed by atoms with Crippen molar-refractivity contribution in [3.05, 3.63) is 5.69 Å². The maximum atomic E-state index is 11.8. The number of carbonyl (C=O) groups excluding carboxylic acids is 2. The summed E-state index contributed by atoms with van der Waals surface area (Å²) in [5.41, 5.74) is 5.19. The third-order valence-corrected chi connectivity index (χ3v) is 2.93. The molecule has 86 valence electrons. The molecule has 1 aromatic rings. The van der Waals surface area contributed by atoms with Crippen LogP contribution >= 0.6 is 11.5 Å². The molecule has 1 aliphatic heterocycles. The summed E-state index contributed by atoms with van der Waals surface area (Å²) in [6.45, 7) is 3.36. The summed E-state index contributed by atoms with van der Waals surface area (Å²) in [5, 5.41) is 6.76. The second-order valence-electron chi connectivity index (χ2n) is 4.03. The van der Waals surface area contributed by atoms with Gasteiger partial charge in [-0.25, -0.2) is 4.79 Å². The van der Waals surface area contributed by atoms with Crippen LogP contribution in [0.4, 0.5) is 9.80 Å². The van der Waals surface area contributed by atoms with Crippen LogP contribution in [0.1, 0.15) is 19.5 Å². The number of anilines is 1. The molecule has 0 spiro atoms. The van der Waals surface area contributed by atoms with Gasteiger partial charge in [0.05, 0.1) is 6.54 Å². The molecule has 0 bridgehead atoms. The summed E-state index contributed by atoms with van der Waals surface area (Å²) in [7, 11) is 0. The molecule has 0 aromatic carbocycles. The van der Waals surface area contributed by atoms with Crippen LogP contribution in [0.5, 0.6) is 0 Å². The molecule has 2 rings (SSSR count). The highest BCUT2D eigenvalue weighted by atomic mass is 32.1. The highest BCUT2D eigenvalue weighted by molar-refractivity contribution is 7.09. The fourth-order valence-electron chi connectivity index (χ4n) is 1.44. The number of nitrogens with zero attached hydrogens (tertiary/aromatic N) is 3.